The number of fused-ring (bicyclic) bond motifs is 2. The molecule has 166 valence electrons. The van der Waals surface area contributed by atoms with Crippen LogP contribution in [0.15, 0.2) is 24.3 Å². The number of aryl methyl sites for hydroxylation is 2. The molecule has 0 radical (unpaired) electrons. The zero-order valence-corrected chi connectivity index (χ0v) is 19.5. The highest BCUT2D eigenvalue weighted by Gasteiger charge is 2.50. The van der Waals surface area contributed by atoms with E-state index in [1.807, 2.05) is 11.7 Å². The normalized spacial score (nSPS) is 28.9. The van der Waals surface area contributed by atoms with Crippen LogP contribution in [0.2, 0.25) is 0 Å². The van der Waals surface area contributed by atoms with Gasteiger partial charge in [-0.3, -0.25) is 4.68 Å². The first-order valence-corrected chi connectivity index (χ1v) is 11.8. The van der Waals surface area contributed by atoms with Gasteiger partial charge in [0.15, 0.2) is 5.65 Å². The third-order valence-electron chi connectivity index (χ3n) is 8.04. The molecule has 0 spiro atoms. The van der Waals surface area contributed by atoms with Crippen molar-refractivity contribution in [1.29, 1.82) is 0 Å². The van der Waals surface area contributed by atoms with Crippen molar-refractivity contribution in [2.75, 3.05) is 18.4 Å². The number of rotatable bonds is 6. The number of nitrogens with zero attached hydrogens (tertiary/aromatic N) is 3. The Balaban J connectivity index is 0.00000204. The van der Waals surface area contributed by atoms with Crippen molar-refractivity contribution in [3.63, 3.8) is 0 Å². The first kappa shape index (κ1) is 21.0. The van der Waals surface area contributed by atoms with Gasteiger partial charge >= 0.3 is 0 Å². The minimum Gasteiger partial charge on any atom is -0.384 e. The molecule has 5 nitrogen and oxygen atoms in total. The molecule has 0 unspecified atom stereocenters. The maximum Gasteiger partial charge on any atom is 0.160 e. The van der Waals surface area contributed by atoms with Crippen molar-refractivity contribution >= 4 is 40.0 Å². The first-order chi connectivity index (χ1) is 14.6. The number of benzene rings is 1. The molecule has 0 atom stereocenters. The van der Waals surface area contributed by atoms with Crippen LogP contribution in [0.3, 0.4) is 0 Å². The highest BCUT2D eigenvalue weighted by molar-refractivity contribution is 6.07. The van der Waals surface area contributed by atoms with Gasteiger partial charge in [-0.15, -0.1) is 12.4 Å². The second-order valence-corrected chi connectivity index (χ2v) is 10.3. The predicted molar refractivity (Wildman–Crippen MR) is 130 cm³/mol. The molecule has 31 heavy (non-hydrogen) atoms. The van der Waals surface area contributed by atoms with Crippen LogP contribution in [0.5, 0.6) is 0 Å². The van der Waals surface area contributed by atoms with E-state index in [1.165, 1.54) is 49.6 Å². The van der Waals surface area contributed by atoms with Gasteiger partial charge in [0.2, 0.25) is 0 Å². The standard InChI is InChI=1S/C25H33N5.ClH/c1-16-22-23(20-6-3-4-7-21(20)28-24(22)30(2)29-16)26-8-5-9-27-25-13-17-10-18(14-25)12-19(11-17)15-25;/h3-4,6-7,17-19,27H,5,8-15H2,1-2H3,(H,26,28);1H. The molecule has 6 heteroatoms. The second kappa shape index (κ2) is 7.93. The predicted octanol–water partition coefficient (Wildman–Crippen LogP) is 5.21. The van der Waals surface area contributed by atoms with Crippen molar-refractivity contribution in [1.82, 2.24) is 20.1 Å². The molecule has 4 aliphatic rings. The highest BCUT2D eigenvalue weighted by Crippen LogP contribution is 2.55. The van der Waals surface area contributed by atoms with Crippen LogP contribution in [-0.2, 0) is 7.05 Å². The van der Waals surface area contributed by atoms with E-state index < -0.39 is 0 Å². The quantitative estimate of drug-likeness (QED) is 0.517. The molecular formula is C25H34ClN5. The Bertz CT molecular complexity index is 1070. The van der Waals surface area contributed by atoms with Gasteiger partial charge < -0.3 is 10.6 Å². The number of anilines is 1. The molecule has 7 rings (SSSR count). The summed E-state index contributed by atoms with van der Waals surface area (Å²) in [4.78, 5) is 4.86. The second-order valence-electron chi connectivity index (χ2n) is 10.3. The molecule has 0 saturated heterocycles. The minimum atomic E-state index is 0. The summed E-state index contributed by atoms with van der Waals surface area (Å²) in [5, 5.41) is 14.8. The van der Waals surface area contributed by atoms with Crippen LogP contribution in [0.4, 0.5) is 5.69 Å². The Morgan fingerprint density at radius 2 is 1.71 bits per heavy atom. The molecule has 4 saturated carbocycles. The van der Waals surface area contributed by atoms with E-state index in [9.17, 15) is 0 Å². The number of nitrogens with one attached hydrogen (secondary N) is 2. The average Bonchev–Trinajstić information content (AvgIpc) is 2.99. The lowest BCUT2D eigenvalue weighted by Gasteiger charge is -2.57. The Hall–Kier alpha value is -1.85. The molecule has 2 N–H and O–H groups in total. The molecule has 3 aromatic rings. The maximum absolute atomic E-state index is 4.86. The Kier molecular flexibility index (Phi) is 5.38. The molecule has 4 aliphatic carbocycles. The zero-order chi connectivity index (χ0) is 20.3. The van der Waals surface area contributed by atoms with Gasteiger partial charge in [0.05, 0.1) is 22.3 Å². The Morgan fingerprint density at radius 1 is 1.03 bits per heavy atom. The number of aromatic nitrogens is 3. The molecular weight excluding hydrogens is 406 g/mol. The van der Waals surface area contributed by atoms with E-state index in [-0.39, 0.29) is 12.4 Å². The first-order valence-electron chi connectivity index (χ1n) is 11.8. The van der Waals surface area contributed by atoms with Crippen molar-refractivity contribution < 1.29 is 0 Å². The van der Waals surface area contributed by atoms with Gasteiger partial charge in [0.1, 0.15) is 0 Å². The summed E-state index contributed by atoms with van der Waals surface area (Å²) in [5.74, 6) is 3.02. The number of para-hydroxylation sites is 1. The molecule has 4 fully saturated rings. The Morgan fingerprint density at radius 3 is 2.42 bits per heavy atom. The maximum atomic E-state index is 4.86. The summed E-state index contributed by atoms with van der Waals surface area (Å²) in [6.45, 7) is 4.16. The Labute approximate surface area is 190 Å². The van der Waals surface area contributed by atoms with Crippen molar-refractivity contribution in [2.45, 2.75) is 57.4 Å². The number of pyridine rings is 1. The van der Waals surface area contributed by atoms with Crippen LogP contribution in [0.1, 0.15) is 50.6 Å². The van der Waals surface area contributed by atoms with Crippen LogP contribution < -0.4 is 10.6 Å². The van der Waals surface area contributed by atoms with Gasteiger partial charge in [-0.2, -0.15) is 5.10 Å². The average molecular weight is 440 g/mol. The summed E-state index contributed by atoms with van der Waals surface area (Å²) in [6.07, 6.45) is 9.96. The fraction of sp³-hybridized carbons (Fsp3) is 0.600. The van der Waals surface area contributed by atoms with Crippen LogP contribution in [-0.4, -0.2) is 33.4 Å². The summed E-state index contributed by atoms with van der Waals surface area (Å²) in [6, 6.07) is 8.42. The van der Waals surface area contributed by atoms with Gasteiger partial charge in [-0.1, -0.05) is 18.2 Å². The van der Waals surface area contributed by atoms with E-state index in [0.29, 0.717) is 5.54 Å². The summed E-state index contributed by atoms with van der Waals surface area (Å²) < 4.78 is 1.90. The fourth-order valence-electron chi connectivity index (χ4n) is 7.26. The molecule has 0 amide bonds. The zero-order valence-electron chi connectivity index (χ0n) is 18.7. The lowest BCUT2D eigenvalue weighted by atomic mass is 9.53. The van der Waals surface area contributed by atoms with Crippen molar-refractivity contribution in [3.8, 4) is 0 Å². The van der Waals surface area contributed by atoms with Gasteiger partial charge in [0.25, 0.3) is 0 Å². The van der Waals surface area contributed by atoms with E-state index >= 15 is 0 Å². The number of hydrogen-bond donors (Lipinski definition) is 2. The van der Waals surface area contributed by atoms with Gasteiger partial charge in [0, 0.05) is 24.5 Å². The molecule has 4 bridgehead atoms. The SMILES string of the molecule is Cc1nn(C)c2nc3ccccc3c(NCCCNC34CC5CC(CC(C5)C3)C4)c12.Cl. The molecule has 0 aliphatic heterocycles. The van der Waals surface area contributed by atoms with Crippen molar-refractivity contribution in [2.24, 2.45) is 24.8 Å². The fourth-order valence-corrected chi connectivity index (χ4v) is 7.26. The summed E-state index contributed by atoms with van der Waals surface area (Å²) >= 11 is 0. The lowest BCUT2D eigenvalue weighted by Crippen LogP contribution is -2.58. The molecule has 1 aromatic carbocycles. The summed E-state index contributed by atoms with van der Waals surface area (Å²) in [7, 11) is 1.98. The van der Waals surface area contributed by atoms with Crippen LogP contribution in [0.25, 0.3) is 21.9 Å². The van der Waals surface area contributed by atoms with Crippen LogP contribution in [0, 0.1) is 24.7 Å². The largest absolute Gasteiger partial charge is 0.384 e. The highest BCUT2D eigenvalue weighted by atomic mass is 35.5. The van der Waals surface area contributed by atoms with E-state index in [1.54, 1.807) is 0 Å². The van der Waals surface area contributed by atoms with E-state index in [0.717, 1.165) is 59.5 Å². The monoisotopic (exact) mass is 439 g/mol. The van der Waals surface area contributed by atoms with E-state index in [4.69, 9.17) is 4.98 Å². The van der Waals surface area contributed by atoms with Gasteiger partial charge in [-0.25, -0.2) is 4.98 Å². The molecule has 2 aromatic heterocycles. The summed E-state index contributed by atoms with van der Waals surface area (Å²) in [5.41, 5.74) is 4.68. The number of hydrogen-bond acceptors (Lipinski definition) is 4. The lowest BCUT2D eigenvalue weighted by molar-refractivity contribution is -0.0194. The smallest absolute Gasteiger partial charge is 0.160 e. The van der Waals surface area contributed by atoms with Gasteiger partial charge in [-0.05, 0) is 82.2 Å². The molecule has 2 heterocycles. The third-order valence-corrected chi connectivity index (χ3v) is 8.04. The van der Waals surface area contributed by atoms with E-state index in [2.05, 4.69) is 46.9 Å². The third kappa shape index (κ3) is 3.60. The van der Waals surface area contributed by atoms with Crippen molar-refractivity contribution in [3.05, 3.63) is 30.0 Å². The van der Waals surface area contributed by atoms with Crippen LogP contribution >= 0.6 is 12.4 Å². The number of halogens is 1. The minimum absolute atomic E-state index is 0. The topological polar surface area (TPSA) is 54.8 Å².